The van der Waals surface area contributed by atoms with E-state index in [0.717, 1.165) is 4.90 Å². The summed E-state index contributed by atoms with van der Waals surface area (Å²) in [5.41, 5.74) is 0.571. The molecule has 0 aliphatic rings. The van der Waals surface area contributed by atoms with E-state index in [9.17, 15) is 40.2 Å². The van der Waals surface area contributed by atoms with Crippen molar-refractivity contribution in [3.8, 4) is 0 Å². The number of aliphatic hydroxyl groups excluding tert-OH is 6. The van der Waals surface area contributed by atoms with Gasteiger partial charge in [-0.15, -0.1) is 0 Å². The summed E-state index contributed by atoms with van der Waals surface area (Å²) in [6.07, 6.45) is 0. The number of carbonyl (C=O) groups is 2. The van der Waals surface area contributed by atoms with E-state index in [2.05, 4.69) is 5.32 Å². The fourth-order valence-corrected chi connectivity index (χ4v) is 6.98. The van der Waals surface area contributed by atoms with Gasteiger partial charge in [-0.2, -0.15) is 0 Å². The minimum atomic E-state index is -1.08. The fraction of sp³-hybridized carbons (Fsp3) is 0.500. The number of aliphatic hydroxyl groups is 6. The number of anilines is 1. The van der Waals surface area contributed by atoms with Gasteiger partial charge in [-0.1, -0.05) is 0 Å². The Morgan fingerprint density at radius 2 is 1.41 bits per heavy atom. The molecule has 2 amide bonds. The molecule has 7 N–H and O–H groups in total. The van der Waals surface area contributed by atoms with Gasteiger partial charge in [-0.05, 0) is 67.8 Å². The first-order valence-electron chi connectivity index (χ1n) is 8.21. The van der Waals surface area contributed by atoms with Gasteiger partial charge in [0.05, 0.1) is 59.9 Å². The molecule has 0 aliphatic carbocycles. The summed E-state index contributed by atoms with van der Waals surface area (Å²) in [5, 5.41) is 59.4. The van der Waals surface area contributed by atoms with Crippen LogP contribution in [0.4, 0.5) is 5.69 Å². The van der Waals surface area contributed by atoms with Gasteiger partial charge in [0, 0.05) is 12.7 Å². The Morgan fingerprint density at radius 3 is 1.83 bits per heavy atom. The van der Waals surface area contributed by atoms with E-state index in [1.807, 2.05) is 67.8 Å². The van der Waals surface area contributed by atoms with E-state index in [1.165, 1.54) is 0 Å². The fourth-order valence-electron chi connectivity index (χ4n) is 2.47. The first-order chi connectivity index (χ1) is 13.7. The molecule has 0 saturated heterocycles. The van der Waals surface area contributed by atoms with Gasteiger partial charge >= 0.3 is 0 Å². The van der Waals surface area contributed by atoms with Gasteiger partial charge in [0.2, 0.25) is 0 Å². The van der Waals surface area contributed by atoms with Gasteiger partial charge < -0.3 is 40.9 Å². The molecule has 0 unspecified atom stereocenters. The molecule has 0 bridgehead atoms. The van der Waals surface area contributed by atoms with E-state index < -0.39 is 63.5 Å². The number of amides is 2. The van der Waals surface area contributed by atoms with Crippen LogP contribution < -0.4 is 10.2 Å². The third-order valence-corrected chi connectivity index (χ3v) is 7.38. The minimum Gasteiger partial charge on any atom is -0.394 e. The van der Waals surface area contributed by atoms with Gasteiger partial charge in [0.1, 0.15) is 6.61 Å². The molecule has 164 valence electrons. The average molecular weight is 750 g/mol. The quantitative estimate of drug-likeness (QED) is 0.146. The highest BCUT2D eigenvalue weighted by Crippen LogP contribution is 2.38. The second kappa shape index (κ2) is 12.8. The number of nitrogens with zero attached hydrogens (tertiary/aromatic N) is 1. The first-order valence-corrected chi connectivity index (χ1v) is 11.4. The third-order valence-electron chi connectivity index (χ3n) is 3.98. The van der Waals surface area contributed by atoms with Crippen LogP contribution in [-0.2, 0) is 11.4 Å². The predicted octanol–water partition coefficient (Wildman–Crippen LogP) is -1.25. The Bertz CT molecular complexity index is 742. The SMILES string of the molecule is O=C(NC(CO)CO)c1c(I)c(CO)c(I)c(N(C(=O)CO)C(CO)CO)c1I. The molecule has 0 spiro atoms. The van der Waals surface area contributed by atoms with Crippen LogP contribution in [0.3, 0.4) is 0 Å². The number of rotatable bonds is 10. The second-order valence-corrected chi connectivity index (χ2v) is 9.01. The summed E-state index contributed by atoms with van der Waals surface area (Å²) in [6, 6.07) is -1.99. The van der Waals surface area contributed by atoms with Crippen molar-refractivity contribution in [3.05, 3.63) is 21.8 Å². The molecule has 10 nitrogen and oxygen atoms in total. The highest BCUT2D eigenvalue weighted by atomic mass is 127. The summed E-state index contributed by atoms with van der Waals surface area (Å²) >= 11 is 5.58. The van der Waals surface area contributed by atoms with E-state index >= 15 is 0 Å². The lowest BCUT2D eigenvalue weighted by Gasteiger charge is -2.32. The molecular formula is C16H21I3N2O8. The molecule has 29 heavy (non-hydrogen) atoms. The first kappa shape index (κ1) is 27.1. The highest BCUT2D eigenvalue weighted by molar-refractivity contribution is 14.1. The molecule has 0 fully saturated rings. The van der Waals surface area contributed by atoms with Crippen LogP contribution in [0.5, 0.6) is 0 Å². The molecule has 13 heteroatoms. The number of halogens is 3. The Labute approximate surface area is 207 Å². The van der Waals surface area contributed by atoms with Crippen molar-refractivity contribution in [2.75, 3.05) is 37.9 Å². The zero-order valence-corrected chi connectivity index (χ0v) is 21.5. The van der Waals surface area contributed by atoms with Crippen molar-refractivity contribution >= 4 is 85.3 Å². The molecule has 0 radical (unpaired) electrons. The number of hydrogen-bond donors (Lipinski definition) is 7. The summed E-state index contributed by atoms with van der Waals surface area (Å²) in [5.74, 6) is -1.46. The van der Waals surface area contributed by atoms with Crippen molar-refractivity contribution in [1.29, 1.82) is 0 Å². The zero-order valence-electron chi connectivity index (χ0n) is 15.0. The van der Waals surface area contributed by atoms with E-state index in [0.29, 0.717) is 12.7 Å². The van der Waals surface area contributed by atoms with Crippen LogP contribution >= 0.6 is 67.8 Å². The minimum absolute atomic E-state index is 0.0861. The maximum absolute atomic E-state index is 12.8. The molecule has 0 aliphatic heterocycles. The molecule has 1 rings (SSSR count). The Balaban J connectivity index is 3.78. The van der Waals surface area contributed by atoms with Crippen LogP contribution in [0, 0.1) is 10.7 Å². The number of hydrogen-bond acceptors (Lipinski definition) is 8. The lowest BCUT2D eigenvalue weighted by Crippen LogP contribution is -2.47. The predicted molar refractivity (Wildman–Crippen MR) is 128 cm³/mol. The molecule has 0 heterocycles. The topological polar surface area (TPSA) is 171 Å². The number of nitrogens with one attached hydrogen (secondary N) is 1. The van der Waals surface area contributed by atoms with E-state index in [-0.39, 0.29) is 14.8 Å². The summed E-state index contributed by atoms with van der Waals surface area (Å²) < 4.78 is 1.08. The zero-order chi connectivity index (χ0) is 22.3. The van der Waals surface area contributed by atoms with Gasteiger partial charge in [-0.25, -0.2) is 0 Å². The van der Waals surface area contributed by atoms with Crippen LogP contribution in [0.1, 0.15) is 15.9 Å². The van der Waals surface area contributed by atoms with E-state index in [4.69, 9.17) is 0 Å². The largest absolute Gasteiger partial charge is 0.394 e. The second-order valence-electron chi connectivity index (χ2n) is 5.78. The maximum atomic E-state index is 12.8. The van der Waals surface area contributed by atoms with Gasteiger partial charge in [-0.3, -0.25) is 9.59 Å². The number of carbonyl (C=O) groups excluding carboxylic acids is 2. The third kappa shape index (κ3) is 6.09. The average Bonchev–Trinajstić information content (AvgIpc) is 2.71. The van der Waals surface area contributed by atoms with Crippen molar-refractivity contribution in [2.45, 2.75) is 18.7 Å². The van der Waals surface area contributed by atoms with Crippen LogP contribution in [-0.4, -0.2) is 87.6 Å². The maximum Gasteiger partial charge on any atom is 0.253 e. The lowest BCUT2D eigenvalue weighted by molar-refractivity contribution is -0.122. The smallest absolute Gasteiger partial charge is 0.253 e. The Morgan fingerprint density at radius 1 is 0.862 bits per heavy atom. The molecule has 1 aromatic rings. The number of benzene rings is 1. The van der Waals surface area contributed by atoms with Gasteiger partial charge in [0.25, 0.3) is 11.8 Å². The lowest BCUT2D eigenvalue weighted by atomic mass is 10.1. The summed E-state index contributed by atoms with van der Waals surface area (Å²) in [4.78, 5) is 26.3. The monoisotopic (exact) mass is 750 g/mol. The van der Waals surface area contributed by atoms with Crippen LogP contribution in [0.25, 0.3) is 0 Å². The van der Waals surface area contributed by atoms with Crippen molar-refractivity contribution in [2.24, 2.45) is 0 Å². The standard InChI is InChI=1S/C16H21I3N2O8/c17-12-9(5-26)13(18)15(21(10(28)6-27)8(3-24)4-25)14(19)11(12)16(29)20-7(1-22)2-23/h7-8,22-27H,1-6H2,(H,20,29). The van der Waals surface area contributed by atoms with Crippen molar-refractivity contribution in [3.63, 3.8) is 0 Å². The van der Waals surface area contributed by atoms with Crippen molar-refractivity contribution < 1.29 is 40.2 Å². The molecule has 0 atom stereocenters. The Hall–Kier alpha value is 0.110. The summed E-state index contributed by atoms with van der Waals surface area (Å²) in [7, 11) is 0. The van der Waals surface area contributed by atoms with E-state index in [1.54, 1.807) is 0 Å². The van der Waals surface area contributed by atoms with Crippen LogP contribution in [0.2, 0.25) is 0 Å². The summed E-state index contributed by atoms with van der Waals surface area (Å²) in [6.45, 7) is -3.56. The molecule has 0 saturated carbocycles. The van der Waals surface area contributed by atoms with Crippen molar-refractivity contribution in [1.82, 2.24) is 5.32 Å². The molecule has 1 aromatic carbocycles. The highest BCUT2D eigenvalue weighted by Gasteiger charge is 2.33. The molecular weight excluding hydrogens is 729 g/mol. The van der Waals surface area contributed by atoms with Crippen LogP contribution in [0.15, 0.2) is 0 Å². The Kier molecular flexibility index (Phi) is 12.0. The molecule has 0 aromatic heterocycles. The van der Waals surface area contributed by atoms with Gasteiger partial charge in [0.15, 0.2) is 0 Å². The normalized spacial score (nSPS) is 11.3.